The Hall–Kier alpha value is -2.89. The predicted octanol–water partition coefficient (Wildman–Crippen LogP) is 4.37. The molecule has 1 aliphatic rings. The Bertz CT molecular complexity index is 1250. The van der Waals surface area contributed by atoms with Crippen molar-refractivity contribution in [3.8, 4) is 5.75 Å². The molecule has 11 heteroatoms. The third-order valence-electron chi connectivity index (χ3n) is 6.82. The first-order valence-corrected chi connectivity index (χ1v) is 14.1. The maximum absolute atomic E-state index is 14.2. The zero-order valence-electron chi connectivity index (χ0n) is 21.8. The third kappa shape index (κ3) is 6.71. The SMILES string of the molecule is CCC1(CC)OC(=O)N(CCC(C)(C)NCC(O)c2ccc(O)c(NS(C)(=O)=O)c2)c2cc(F)ccc21. The van der Waals surface area contributed by atoms with Crippen LogP contribution in [0.2, 0.25) is 0 Å². The van der Waals surface area contributed by atoms with Gasteiger partial charge < -0.3 is 20.3 Å². The molecule has 1 amide bonds. The minimum atomic E-state index is -3.61. The van der Waals surface area contributed by atoms with Crippen molar-refractivity contribution in [3.63, 3.8) is 0 Å². The Balaban J connectivity index is 1.70. The number of carbonyl (C=O) groups is 1. The molecule has 1 unspecified atom stereocenters. The summed E-state index contributed by atoms with van der Waals surface area (Å²) >= 11 is 0. The van der Waals surface area contributed by atoms with Crippen LogP contribution < -0.4 is 14.9 Å². The average molecular weight is 538 g/mol. The molecule has 1 heterocycles. The number of phenols is 1. The first-order chi connectivity index (χ1) is 17.2. The summed E-state index contributed by atoms with van der Waals surface area (Å²) in [4.78, 5) is 14.4. The molecule has 0 radical (unpaired) electrons. The van der Waals surface area contributed by atoms with Crippen molar-refractivity contribution in [2.24, 2.45) is 0 Å². The molecule has 0 aromatic heterocycles. The number of phenolic OH excluding ortho intramolecular Hbond substituents is 1. The lowest BCUT2D eigenvalue weighted by atomic mass is 9.85. The highest BCUT2D eigenvalue weighted by molar-refractivity contribution is 7.92. The summed E-state index contributed by atoms with van der Waals surface area (Å²) in [6.45, 7) is 8.09. The van der Waals surface area contributed by atoms with Gasteiger partial charge in [-0.15, -0.1) is 0 Å². The molecule has 2 aromatic rings. The standard InChI is InChI=1S/C26H36FN3O6S/c1-6-26(7-2)19-10-9-18(27)15-21(19)30(24(33)36-26)13-12-25(3,4)28-16-23(32)17-8-11-22(31)20(14-17)29-37(5,34)35/h8-11,14-15,23,28-29,31-32H,6-7,12-13,16H2,1-5H3. The van der Waals surface area contributed by atoms with Gasteiger partial charge in [0.25, 0.3) is 0 Å². The van der Waals surface area contributed by atoms with E-state index in [0.29, 0.717) is 30.5 Å². The maximum Gasteiger partial charge on any atom is 0.415 e. The lowest BCUT2D eigenvalue weighted by Crippen LogP contribution is -2.49. The molecule has 0 fully saturated rings. The zero-order valence-corrected chi connectivity index (χ0v) is 22.7. The van der Waals surface area contributed by atoms with E-state index in [1.54, 1.807) is 6.07 Å². The smallest absolute Gasteiger partial charge is 0.415 e. The fourth-order valence-corrected chi connectivity index (χ4v) is 5.05. The molecule has 37 heavy (non-hydrogen) atoms. The number of anilines is 2. The van der Waals surface area contributed by atoms with Gasteiger partial charge in [0.2, 0.25) is 10.0 Å². The highest BCUT2D eigenvalue weighted by Gasteiger charge is 2.43. The van der Waals surface area contributed by atoms with E-state index in [1.807, 2.05) is 27.7 Å². The lowest BCUT2D eigenvalue weighted by Gasteiger charge is -2.42. The number of hydrogen-bond donors (Lipinski definition) is 4. The number of halogens is 1. The van der Waals surface area contributed by atoms with Gasteiger partial charge in [0, 0.05) is 24.2 Å². The monoisotopic (exact) mass is 537 g/mol. The van der Waals surface area contributed by atoms with Crippen LogP contribution in [0.15, 0.2) is 36.4 Å². The zero-order chi connectivity index (χ0) is 27.6. The van der Waals surface area contributed by atoms with E-state index in [2.05, 4.69) is 10.0 Å². The van der Waals surface area contributed by atoms with Gasteiger partial charge in [-0.05, 0) is 62.9 Å². The lowest BCUT2D eigenvalue weighted by molar-refractivity contribution is -0.00141. The highest BCUT2D eigenvalue weighted by Crippen LogP contribution is 2.44. The van der Waals surface area contributed by atoms with Crippen LogP contribution in [-0.2, 0) is 20.4 Å². The van der Waals surface area contributed by atoms with Crippen LogP contribution in [0, 0.1) is 5.82 Å². The Morgan fingerprint density at radius 1 is 1.16 bits per heavy atom. The number of aliphatic hydroxyl groups is 1. The van der Waals surface area contributed by atoms with Gasteiger partial charge in [-0.1, -0.05) is 26.0 Å². The number of benzene rings is 2. The van der Waals surface area contributed by atoms with Gasteiger partial charge in [0.05, 0.1) is 23.7 Å². The first kappa shape index (κ1) is 28.7. The van der Waals surface area contributed by atoms with Crippen LogP contribution in [0.25, 0.3) is 0 Å². The second kappa shape index (κ2) is 10.8. The largest absolute Gasteiger partial charge is 0.506 e. The Kier molecular flexibility index (Phi) is 8.40. The summed E-state index contributed by atoms with van der Waals surface area (Å²) in [6, 6.07) is 8.61. The van der Waals surface area contributed by atoms with Crippen molar-refractivity contribution in [1.82, 2.24) is 5.32 Å². The van der Waals surface area contributed by atoms with E-state index in [1.165, 1.54) is 35.2 Å². The number of nitrogens with zero attached hydrogens (tertiary/aromatic N) is 1. The summed E-state index contributed by atoms with van der Waals surface area (Å²) in [5, 5.41) is 23.9. The Morgan fingerprint density at radius 2 is 1.84 bits per heavy atom. The van der Waals surface area contributed by atoms with Crippen LogP contribution in [0.4, 0.5) is 20.6 Å². The summed E-state index contributed by atoms with van der Waals surface area (Å²) in [7, 11) is -3.61. The van der Waals surface area contributed by atoms with Gasteiger partial charge >= 0.3 is 6.09 Å². The number of amides is 1. The van der Waals surface area contributed by atoms with E-state index >= 15 is 0 Å². The van der Waals surface area contributed by atoms with Crippen LogP contribution >= 0.6 is 0 Å². The summed E-state index contributed by atoms with van der Waals surface area (Å²) in [5.74, 6) is -0.686. The van der Waals surface area contributed by atoms with Gasteiger partial charge in [-0.3, -0.25) is 9.62 Å². The number of hydrogen-bond acceptors (Lipinski definition) is 7. The number of carbonyl (C=O) groups excluding carboxylic acids is 1. The molecule has 1 atom stereocenters. The topological polar surface area (TPSA) is 128 Å². The van der Waals surface area contributed by atoms with E-state index < -0.39 is 39.2 Å². The number of cyclic esters (lactones) is 1. The summed E-state index contributed by atoms with van der Waals surface area (Å²) in [6.07, 6.45) is 1.06. The fourth-order valence-electron chi connectivity index (χ4n) is 4.49. The molecule has 0 spiro atoms. The van der Waals surface area contributed by atoms with Crippen molar-refractivity contribution >= 4 is 27.5 Å². The Labute approximate surface area is 217 Å². The molecule has 0 aliphatic carbocycles. The number of sulfonamides is 1. The molecule has 204 valence electrons. The van der Waals surface area contributed by atoms with Gasteiger partial charge in [-0.25, -0.2) is 17.6 Å². The van der Waals surface area contributed by atoms with Crippen molar-refractivity contribution in [3.05, 3.63) is 53.3 Å². The van der Waals surface area contributed by atoms with E-state index in [-0.39, 0.29) is 24.5 Å². The maximum atomic E-state index is 14.2. The van der Waals surface area contributed by atoms with Crippen molar-refractivity contribution in [2.45, 2.75) is 64.2 Å². The molecule has 0 bridgehead atoms. The molecule has 0 saturated carbocycles. The van der Waals surface area contributed by atoms with Crippen LogP contribution in [0.3, 0.4) is 0 Å². The second-order valence-corrected chi connectivity index (χ2v) is 11.8. The molecule has 1 aliphatic heterocycles. The molecule has 3 rings (SSSR count). The fraction of sp³-hybridized carbons (Fsp3) is 0.500. The number of ether oxygens (including phenoxy) is 1. The van der Waals surface area contributed by atoms with Crippen LogP contribution in [0.1, 0.15) is 64.2 Å². The van der Waals surface area contributed by atoms with Crippen molar-refractivity contribution in [2.75, 3.05) is 29.0 Å². The number of fused-ring (bicyclic) bond motifs is 1. The minimum absolute atomic E-state index is 0.0250. The number of rotatable bonds is 11. The normalized spacial score (nSPS) is 16.2. The number of aliphatic hydroxyl groups excluding tert-OH is 1. The number of aromatic hydroxyl groups is 1. The second-order valence-electron chi connectivity index (χ2n) is 10.1. The molecular weight excluding hydrogens is 501 g/mol. The van der Waals surface area contributed by atoms with Crippen LogP contribution in [0.5, 0.6) is 5.75 Å². The number of β-amino-alcohol motifs (C(OH)–C–C–N with tert-alkyl or cyclic N) is 1. The van der Waals surface area contributed by atoms with Crippen LogP contribution in [-0.4, -0.2) is 49.6 Å². The van der Waals surface area contributed by atoms with Gasteiger partial charge in [-0.2, -0.15) is 0 Å². The third-order valence-corrected chi connectivity index (χ3v) is 7.41. The Morgan fingerprint density at radius 3 is 2.46 bits per heavy atom. The quantitative estimate of drug-likeness (QED) is 0.314. The minimum Gasteiger partial charge on any atom is -0.506 e. The van der Waals surface area contributed by atoms with E-state index in [9.17, 15) is 27.8 Å². The molecular formula is C26H36FN3O6S. The first-order valence-electron chi connectivity index (χ1n) is 12.2. The summed E-state index contributed by atoms with van der Waals surface area (Å²) in [5.41, 5.74) is 0.346. The van der Waals surface area contributed by atoms with Gasteiger partial charge in [0.15, 0.2) is 0 Å². The summed E-state index contributed by atoms with van der Waals surface area (Å²) < 4.78 is 45.3. The van der Waals surface area contributed by atoms with Crippen molar-refractivity contribution < 1.29 is 32.6 Å². The average Bonchev–Trinajstić information content (AvgIpc) is 2.82. The van der Waals surface area contributed by atoms with Gasteiger partial charge in [0.1, 0.15) is 17.2 Å². The molecule has 2 aromatic carbocycles. The molecule has 4 N–H and O–H groups in total. The molecule has 0 saturated heterocycles. The van der Waals surface area contributed by atoms with E-state index in [4.69, 9.17) is 4.74 Å². The number of nitrogens with one attached hydrogen (secondary N) is 2. The highest BCUT2D eigenvalue weighted by atomic mass is 32.2. The predicted molar refractivity (Wildman–Crippen MR) is 141 cm³/mol. The molecule has 9 nitrogen and oxygen atoms in total. The van der Waals surface area contributed by atoms with E-state index in [0.717, 1.165) is 11.8 Å². The van der Waals surface area contributed by atoms with Crippen molar-refractivity contribution in [1.29, 1.82) is 0 Å².